The molecule has 0 fully saturated rings. The molecule has 1 unspecified atom stereocenters. The van der Waals surface area contributed by atoms with E-state index in [1.807, 2.05) is 13.0 Å². The van der Waals surface area contributed by atoms with Crippen molar-refractivity contribution >= 4 is 11.3 Å². The molecule has 108 valence electrons. The van der Waals surface area contributed by atoms with E-state index in [0.717, 1.165) is 29.4 Å². The summed E-state index contributed by atoms with van der Waals surface area (Å²) >= 11 is 1.75. The fourth-order valence-electron chi connectivity index (χ4n) is 1.98. The van der Waals surface area contributed by atoms with Crippen molar-refractivity contribution in [3.05, 3.63) is 33.7 Å². The van der Waals surface area contributed by atoms with Gasteiger partial charge in [-0.1, -0.05) is 6.92 Å². The van der Waals surface area contributed by atoms with Crippen molar-refractivity contribution in [1.29, 1.82) is 0 Å². The van der Waals surface area contributed by atoms with Gasteiger partial charge in [0.25, 0.3) is 0 Å². The van der Waals surface area contributed by atoms with E-state index < -0.39 is 0 Å². The largest absolute Gasteiger partial charge is 0.481 e. The third-order valence-corrected chi connectivity index (χ3v) is 4.23. The first kappa shape index (κ1) is 14.9. The zero-order valence-corrected chi connectivity index (χ0v) is 13.1. The van der Waals surface area contributed by atoms with Gasteiger partial charge in [0.2, 0.25) is 5.88 Å². The number of nitrogens with zero attached hydrogens (tertiary/aromatic N) is 3. The van der Waals surface area contributed by atoms with E-state index in [1.54, 1.807) is 18.4 Å². The van der Waals surface area contributed by atoms with Crippen LogP contribution in [0.15, 0.2) is 12.4 Å². The minimum Gasteiger partial charge on any atom is -0.481 e. The lowest BCUT2D eigenvalue weighted by Gasteiger charge is -2.16. The monoisotopic (exact) mass is 292 g/mol. The number of methoxy groups -OCH3 is 1. The first-order chi connectivity index (χ1) is 9.63. The first-order valence-electron chi connectivity index (χ1n) is 6.66. The maximum absolute atomic E-state index is 5.16. The van der Waals surface area contributed by atoms with Gasteiger partial charge in [0, 0.05) is 17.4 Å². The van der Waals surface area contributed by atoms with Gasteiger partial charge in [0.05, 0.1) is 29.5 Å². The molecule has 20 heavy (non-hydrogen) atoms. The van der Waals surface area contributed by atoms with Crippen LogP contribution in [0.3, 0.4) is 0 Å². The van der Waals surface area contributed by atoms with E-state index in [2.05, 4.69) is 34.1 Å². The number of rotatable bonds is 6. The van der Waals surface area contributed by atoms with Crippen LogP contribution in [-0.2, 0) is 6.42 Å². The molecule has 5 nitrogen and oxygen atoms in total. The number of thiazole rings is 1. The molecule has 2 rings (SSSR count). The Hall–Kier alpha value is -1.53. The van der Waals surface area contributed by atoms with Gasteiger partial charge in [-0.3, -0.25) is 0 Å². The second kappa shape index (κ2) is 6.76. The Morgan fingerprint density at radius 3 is 2.75 bits per heavy atom. The number of likely N-dealkylation sites (N-methyl/N-ethyl adjacent to an activating group) is 1. The fraction of sp³-hybridized carbons (Fsp3) is 0.500. The van der Waals surface area contributed by atoms with Gasteiger partial charge in [-0.25, -0.2) is 15.0 Å². The summed E-state index contributed by atoms with van der Waals surface area (Å²) in [6.07, 6.45) is 2.37. The topological polar surface area (TPSA) is 59.9 Å². The highest BCUT2D eigenvalue weighted by molar-refractivity contribution is 7.11. The Bertz CT molecular complexity index is 551. The number of hydrogen-bond acceptors (Lipinski definition) is 6. The third kappa shape index (κ3) is 3.52. The Balaban J connectivity index is 2.21. The zero-order chi connectivity index (χ0) is 14.5. The predicted molar refractivity (Wildman–Crippen MR) is 80.3 cm³/mol. The van der Waals surface area contributed by atoms with Crippen LogP contribution in [0.2, 0.25) is 0 Å². The van der Waals surface area contributed by atoms with E-state index in [-0.39, 0.29) is 6.04 Å². The van der Waals surface area contributed by atoms with Crippen molar-refractivity contribution in [2.24, 2.45) is 0 Å². The van der Waals surface area contributed by atoms with Gasteiger partial charge < -0.3 is 10.1 Å². The molecule has 2 heterocycles. The SMILES string of the molecule is CCNC(Cc1nc(C)c(C)s1)c1cc(OC)ncn1. The Labute approximate surface area is 123 Å². The lowest BCUT2D eigenvalue weighted by molar-refractivity contribution is 0.393. The molecular formula is C14H20N4OS. The number of nitrogens with one attached hydrogen (secondary N) is 1. The second-order valence-electron chi connectivity index (χ2n) is 4.55. The molecule has 0 aliphatic rings. The summed E-state index contributed by atoms with van der Waals surface area (Å²) in [5.74, 6) is 0.587. The van der Waals surface area contributed by atoms with E-state index in [1.165, 1.54) is 11.2 Å². The van der Waals surface area contributed by atoms with Crippen LogP contribution >= 0.6 is 11.3 Å². The molecular weight excluding hydrogens is 272 g/mol. The smallest absolute Gasteiger partial charge is 0.216 e. The summed E-state index contributed by atoms with van der Waals surface area (Å²) in [4.78, 5) is 14.3. The normalized spacial score (nSPS) is 12.4. The average molecular weight is 292 g/mol. The minimum absolute atomic E-state index is 0.127. The molecule has 1 atom stereocenters. The molecule has 6 heteroatoms. The second-order valence-corrected chi connectivity index (χ2v) is 5.84. The summed E-state index contributed by atoms with van der Waals surface area (Å²) in [6, 6.07) is 2.00. The molecule has 0 spiro atoms. The van der Waals surface area contributed by atoms with Crippen LogP contribution in [0.5, 0.6) is 5.88 Å². The van der Waals surface area contributed by atoms with Crippen molar-refractivity contribution in [2.75, 3.05) is 13.7 Å². The number of hydrogen-bond donors (Lipinski definition) is 1. The summed E-state index contributed by atoms with van der Waals surface area (Å²) in [6.45, 7) is 7.11. The van der Waals surface area contributed by atoms with Crippen molar-refractivity contribution in [3.8, 4) is 5.88 Å². The van der Waals surface area contributed by atoms with Crippen molar-refractivity contribution in [1.82, 2.24) is 20.3 Å². The molecule has 0 saturated heterocycles. The van der Waals surface area contributed by atoms with Crippen LogP contribution in [-0.4, -0.2) is 28.6 Å². The van der Waals surface area contributed by atoms with Crippen molar-refractivity contribution in [2.45, 2.75) is 33.2 Å². The van der Waals surface area contributed by atoms with E-state index in [0.29, 0.717) is 5.88 Å². The Morgan fingerprint density at radius 1 is 1.35 bits per heavy atom. The number of aromatic nitrogens is 3. The quantitative estimate of drug-likeness (QED) is 0.886. The van der Waals surface area contributed by atoms with Crippen LogP contribution in [0, 0.1) is 13.8 Å². The molecule has 0 amide bonds. The molecule has 1 N–H and O–H groups in total. The molecule has 0 radical (unpaired) electrons. The van der Waals surface area contributed by atoms with Gasteiger partial charge in [-0.2, -0.15) is 0 Å². The molecule has 0 aliphatic carbocycles. The van der Waals surface area contributed by atoms with Crippen LogP contribution in [0.25, 0.3) is 0 Å². The fourth-order valence-corrected chi connectivity index (χ4v) is 2.96. The highest BCUT2D eigenvalue weighted by Crippen LogP contribution is 2.23. The van der Waals surface area contributed by atoms with Gasteiger partial charge in [0.1, 0.15) is 6.33 Å². The lowest BCUT2D eigenvalue weighted by atomic mass is 10.1. The minimum atomic E-state index is 0.127. The molecule has 0 bridgehead atoms. The van der Waals surface area contributed by atoms with E-state index in [4.69, 9.17) is 4.74 Å². The number of ether oxygens (including phenoxy) is 1. The standard InChI is InChI=1S/C14H20N4OS/c1-5-15-12(7-14-18-9(2)10(3)20-14)11-6-13(19-4)17-8-16-11/h6,8,12,15H,5,7H2,1-4H3. The summed E-state index contributed by atoms with van der Waals surface area (Å²) in [7, 11) is 1.61. The number of aryl methyl sites for hydroxylation is 2. The molecule has 2 aromatic rings. The third-order valence-electron chi connectivity index (χ3n) is 3.13. The molecule has 0 aromatic carbocycles. The van der Waals surface area contributed by atoms with Gasteiger partial charge in [-0.05, 0) is 20.4 Å². The highest BCUT2D eigenvalue weighted by atomic mass is 32.1. The lowest BCUT2D eigenvalue weighted by Crippen LogP contribution is -2.24. The highest BCUT2D eigenvalue weighted by Gasteiger charge is 2.16. The predicted octanol–water partition coefficient (Wildman–Crippen LogP) is 2.45. The van der Waals surface area contributed by atoms with Gasteiger partial charge in [0.15, 0.2) is 0 Å². The average Bonchev–Trinajstić information content (AvgIpc) is 2.77. The maximum Gasteiger partial charge on any atom is 0.216 e. The van der Waals surface area contributed by atoms with Gasteiger partial charge in [-0.15, -0.1) is 11.3 Å². The summed E-state index contributed by atoms with van der Waals surface area (Å²) in [5, 5.41) is 4.58. The van der Waals surface area contributed by atoms with Crippen molar-refractivity contribution in [3.63, 3.8) is 0 Å². The molecule has 0 aliphatic heterocycles. The molecule has 0 saturated carbocycles. The zero-order valence-electron chi connectivity index (χ0n) is 12.3. The summed E-state index contributed by atoms with van der Waals surface area (Å²) < 4.78 is 5.16. The molecule has 2 aromatic heterocycles. The first-order valence-corrected chi connectivity index (χ1v) is 7.48. The van der Waals surface area contributed by atoms with Gasteiger partial charge >= 0.3 is 0 Å². The van der Waals surface area contributed by atoms with E-state index >= 15 is 0 Å². The maximum atomic E-state index is 5.16. The van der Waals surface area contributed by atoms with Crippen LogP contribution < -0.4 is 10.1 Å². The van der Waals surface area contributed by atoms with Crippen molar-refractivity contribution < 1.29 is 4.74 Å². The van der Waals surface area contributed by atoms with Crippen LogP contribution in [0.4, 0.5) is 0 Å². The van der Waals surface area contributed by atoms with Crippen LogP contribution in [0.1, 0.15) is 34.2 Å². The Morgan fingerprint density at radius 2 is 2.15 bits per heavy atom. The Kier molecular flexibility index (Phi) is 5.03. The summed E-state index contributed by atoms with van der Waals surface area (Å²) in [5.41, 5.74) is 2.05. The van der Waals surface area contributed by atoms with E-state index in [9.17, 15) is 0 Å².